The van der Waals surface area contributed by atoms with E-state index in [4.69, 9.17) is 18.9 Å². The molecule has 0 saturated carbocycles. The van der Waals surface area contributed by atoms with E-state index in [2.05, 4.69) is 15.9 Å². The summed E-state index contributed by atoms with van der Waals surface area (Å²) in [4.78, 5) is 0. The van der Waals surface area contributed by atoms with Crippen molar-refractivity contribution in [3.05, 3.63) is 0 Å². The van der Waals surface area contributed by atoms with Gasteiger partial charge in [-0.25, -0.2) is 0 Å². The number of ether oxygens (including phenoxy) is 1. The van der Waals surface area contributed by atoms with E-state index in [0.717, 1.165) is 18.5 Å². The lowest BCUT2D eigenvalue weighted by Crippen LogP contribution is -2.02. The fraction of sp³-hybridized carbons (Fsp3) is 0.889. The molecule has 0 spiro atoms. The molecular weight excluding hydrogens is 278 g/mol. The molecule has 0 saturated heterocycles. The van der Waals surface area contributed by atoms with Crippen molar-refractivity contribution in [3.63, 3.8) is 0 Å². The summed E-state index contributed by atoms with van der Waals surface area (Å²) < 4.78 is 14.9. The minimum absolute atomic E-state index is 0.493. The zero-order valence-electron chi connectivity index (χ0n) is 9.50. The predicted molar refractivity (Wildman–Crippen MR) is 66.6 cm³/mol. The van der Waals surface area contributed by atoms with Crippen LogP contribution < -0.4 is 0 Å². The van der Waals surface area contributed by atoms with Gasteiger partial charge in [0.15, 0.2) is 0 Å². The van der Waals surface area contributed by atoms with Crippen molar-refractivity contribution in [2.45, 2.75) is 20.3 Å². The van der Waals surface area contributed by atoms with Crippen LogP contribution in [0.25, 0.3) is 0 Å². The molecule has 6 heteroatoms. The van der Waals surface area contributed by atoms with Crippen LogP contribution in [-0.4, -0.2) is 41.8 Å². The minimum atomic E-state index is -0.589. The van der Waals surface area contributed by atoms with Crippen LogP contribution in [-0.2, 0) is 13.6 Å². The molecule has 0 aliphatic carbocycles. The molecule has 0 aliphatic heterocycles. The molecule has 0 unspecified atom stereocenters. The molecule has 15 heavy (non-hydrogen) atoms. The molecular formula is C9H20BrNO3Si. The Morgan fingerprint density at radius 2 is 1.80 bits per heavy atom. The molecule has 0 fully saturated rings. The van der Waals surface area contributed by atoms with Crippen molar-refractivity contribution in [2.24, 2.45) is 0 Å². The number of nitrogens with zero attached hydrogens (tertiary/aromatic N) is 1. The molecule has 0 rings (SSSR count). The zero-order valence-corrected chi connectivity index (χ0v) is 12.5. The van der Waals surface area contributed by atoms with E-state index >= 15 is 0 Å². The molecule has 0 radical (unpaired) electrons. The molecule has 0 atom stereocenters. The highest BCUT2D eigenvalue weighted by atomic mass is 79.9. The van der Waals surface area contributed by atoms with Gasteiger partial charge in [-0.1, -0.05) is 15.9 Å². The van der Waals surface area contributed by atoms with Crippen LogP contribution in [0, 0.1) is 11.3 Å². The zero-order chi connectivity index (χ0) is 11.8. The summed E-state index contributed by atoms with van der Waals surface area (Å²) in [5, 5.41) is 8.87. The van der Waals surface area contributed by atoms with Crippen molar-refractivity contribution in [2.75, 3.05) is 31.8 Å². The van der Waals surface area contributed by atoms with E-state index in [9.17, 15) is 0 Å². The minimum Gasteiger partial charge on any atom is -0.399 e. The Kier molecular flexibility index (Phi) is 22.8. The van der Waals surface area contributed by atoms with Crippen molar-refractivity contribution in [1.82, 2.24) is 0 Å². The van der Waals surface area contributed by atoms with Crippen molar-refractivity contribution < 1.29 is 13.6 Å². The molecule has 4 nitrogen and oxygen atoms in total. The maximum atomic E-state index is 8.02. The molecule has 0 aromatic carbocycles. The number of alkyl halides is 1. The Bertz CT molecular complexity index is 140. The maximum Gasteiger partial charge on any atom is 0.304 e. The van der Waals surface area contributed by atoms with Crippen LogP contribution in [0.4, 0.5) is 0 Å². The quantitative estimate of drug-likeness (QED) is 0.386. The van der Waals surface area contributed by atoms with E-state index in [1.165, 1.54) is 0 Å². The molecule has 0 heterocycles. The standard InChI is InChI=1S/C5H8BrNO.C4H12O2Si/c6-2-5-8-4-1-3-7;1-3-5-7-6-4-2/h1-2,4-5H2;3-4,7H2,1-2H3. The van der Waals surface area contributed by atoms with Gasteiger partial charge in [0.25, 0.3) is 0 Å². The fourth-order valence-corrected chi connectivity index (χ4v) is 1.18. The largest absolute Gasteiger partial charge is 0.399 e. The molecule has 0 aromatic heterocycles. The smallest absolute Gasteiger partial charge is 0.304 e. The number of rotatable bonds is 8. The summed E-state index contributed by atoms with van der Waals surface area (Å²) in [6.45, 7) is 6.81. The van der Waals surface area contributed by atoms with Crippen molar-refractivity contribution >= 4 is 25.9 Å². The number of nitriles is 1. The van der Waals surface area contributed by atoms with E-state index in [0.29, 0.717) is 19.6 Å². The normalized spacial score (nSPS) is 8.93. The molecule has 0 aromatic rings. The van der Waals surface area contributed by atoms with Gasteiger partial charge in [-0.15, -0.1) is 0 Å². The van der Waals surface area contributed by atoms with Gasteiger partial charge in [-0.3, -0.25) is 0 Å². The molecule has 0 N–H and O–H groups in total. The van der Waals surface area contributed by atoms with E-state index in [1.807, 2.05) is 19.9 Å². The summed E-state index contributed by atoms with van der Waals surface area (Å²) in [6.07, 6.45) is 0.493. The number of halogens is 1. The average molecular weight is 298 g/mol. The lowest BCUT2D eigenvalue weighted by atomic mass is 10.5. The SMILES string of the molecule is CCO[SiH2]OCC.N#CCCOCCBr. The summed E-state index contributed by atoms with van der Waals surface area (Å²) in [6, 6.07) is 1.99. The summed E-state index contributed by atoms with van der Waals surface area (Å²) >= 11 is 3.19. The lowest BCUT2D eigenvalue weighted by Gasteiger charge is -1.96. The summed E-state index contributed by atoms with van der Waals surface area (Å²) in [5.74, 6) is 0. The second-order valence-electron chi connectivity index (χ2n) is 2.31. The first-order chi connectivity index (χ1) is 7.33. The second kappa shape index (κ2) is 19.6. The molecule has 90 valence electrons. The number of hydrogen-bond donors (Lipinski definition) is 0. The Hall–Kier alpha value is 0.0669. The van der Waals surface area contributed by atoms with Gasteiger partial charge in [0.2, 0.25) is 0 Å². The first kappa shape index (κ1) is 17.5. The van der Waals surface area contributed by atoms with Crippen LogP contribution in [0.5, 0.6) is 0 Å². The van der Waals surface area contributed by atoms with E-state index in [1.54, 1.807) is 0 Å². The van der Waals surface area contributed by atoms with Crippen LogP contribution >= 0.6 is 15.9 Å². The van der Waals surface area contributed by atoms with Gasteiger partial charge in [-0.2, -0.15) is 5.26 Å². The second-order valence-corrected chi connectivity index (χ2v) is 4.16. The van der Waals surface area contributed by atoms with E-state index < -0.39 is 10.0 Å². The van der Waals surface area contributed by atoms with Crippen LogP contribution in [0.1, 0.15) is 20.3 Å². The first-order valence-corrected chi connectivity index (χ1v) is 7.27. The predicted octanol–water partition coefficient (Wildman–Crippen LogP) is 1.37. The van der Waals surface area contributed by atoms with Crippen LogP contribution in [0.3, 0.4) is 0 Å². The molecule has 0 amide bonds. The Morgan fingerprint density at radius 1 is 1.20 bits per heavy atom. The third-order valence-corrected chi connectivity index (χ3v) is 2.63. The Labute approximate surface area is 103 Å². The molecule has 0 aliphatic rings. The van der Waals surface area contributed by atoms with Gasteiger partial charge in [0.1, 0.15) is 0 Å². The van der Waals surface area contributed by atoms with Gasteiger partial charge in [-0.05, 0) is 13.8 Å². The monoisotopic (exact) mass is 297 g/mol. The summed E-state index contributed by atoms with van der Waals surface area (Å²) in [7, 11) is -0.589. The maximum absolute atomic E-state index is 8.02. The van der Waals surface area contributed by atoms with Gasteiger partial charge >= 0.3 is 10.0 Å². The topological polar surface area (TPSA) is 51.5 Å². The summed E-state index contributed by atoms with van der Waals surface area (Å²) in [5.41, 5.74) is 0. The first-order valence-electron chi connectivity index (χ1n) is 4.99. The average Bonchev–Trinajstić information content (AvgIpc) is 2.26. The van der Waals surface area contributed by atoms with Gasteiger partial charge in [0.05, 0.1) is 25.7 Å². The molecule has 0 bridgehead atoms. The van der Waals surface area contributed by atoms with Crippen molar-refractivity contribution in [3.8, 4) is 6.07 Å². The lowest BCUT2D eigenvalue weighted by molar-refractivity contribution is 0.157. The third kappa shape index (κ3) is 24.9. The van der Waals surface area contributed by atoms with E-state index in [-0.39, 0.29) is 0 Å². The van der Waals surface area contributed by atoms with Crippen LogP contribution in [0.2, 0.25) is 0 Å². The highest BCUT2D eigenvalue weighted by molar-refractivity contribution is 9.09. The highest BCUT2D eigenvalue weighted by Gasteiger charge is 1.82. The van der Waals surface area contributed by atoms with Gasteiger partial charge < -0.3 is 13.6 Å². The number of hydrogen-bond acceptors (Lipinski definition) is 4. The third-order valence-electron chi connectivity index (χ3n) is 1.15. The Balaban J connectivity index is 0. The van der Waals surface area contributed by atoms with Gasteiger partial charge in [0, 0.05) is 18.5 Å². The van der Waals surface area contributed by atoms with Crippen LogP contribution in [0.15, 0.2) is 0 Å². The Morgan fingerprint density at radius 3 is 2.20 bits per heavy atom. The van der Waals surface area contributed by atoms with Crippen molar-refractivity contribution in [1.29, 1.82) is 5.26 Å². The fourth-order valence-electron chi connectivity index (χ4n) is 0.500. The highest BCUT2D eigenvalue weighted by Crippen LogP contribution is 1.83.